The molecule has 7 heteroatoms. The number of nitrogens with zero attached hydrogens (tertiary/aromatic N) is 4. The van der Waals surface area contributed by atoms with Crippen molar-refractivity contribution in [1.29, 1.82) is 0 Å². The first-order valence-electron chi connectivity index (χ1n) is 8.62. The summed E-state index contributed by atoms with van der Waals surface area (Å²) in [5.41, 5.74) is 5.26. The molecule has 1 atom stereocenters. The number of hydrogen-bond acceptors (Lipinski definition) is 5. The van der Waals surface area contributed by atoms with Crippen molar-refractivity contribution in [2.24, 2.45) is 0 Å². The Morgan fingerprint density at radius 1 is 1.27 bits per heavy atom. The van der Waals surface area contributed by atoms with Crippen molar-refractivity contribution in [2.75, 3.05) is 6.54 Å². The Bertz CT molecular complexity index is 876. The maximum Gasteiger partial charge on any atom is 0.229 e. The molecule has 0 aliphatic carbocycles. The topological polar surface area (TPSA) is 71.2 Å². The van der Waals surface area contributed by atoms with Gasteiger partial charge in [-0.1, -0.05) is 30.3 Å². The maximum absolute atomic E-state index is 12.5. The number of rotatable bonds is 5. The van der Waals surface area contributed by atoms with Gasteiger partial charge in [0.15, 0.2) is 0 Å². The summed E-state index contributed by atoms with van der Waals surface area (Å²) >= 11 is 1.50. The van der Waals surface area contributed by atoms with E-state index in [4.69, 9.17) is 0 Å². The van der Waals surface area contributed by atoms with Crippen LogP contribution in [0.25, 0.3) is 0 Å². The van der Waals surface area contributed by atoms with Crippen LogP contribution >= 0.6 is 11.3 Å². The Hall–Kier alpha value is -2.51. The molecule has 26 heavy (non-hydrogen) atoms. The molecular formula is C19H20N4O2S. The van der Waals surface area contributed by atoms with Crippen LogP contribution in [0.4, 0.5) is 0 Å². The van der Waals surface area contributed by atoms with Crippen LogP contribution in [-0.2, 0) is 30.7 Å². The number of thiazole rings is 1. The van der Waals surface area contributed by atoms with E-state index in [1.807, 2.05) is 51.4 Å². The lowest BCUT2D eigenvalue weighted by Gasteiger charge is -2.27. The lowest BCUT2D eigenvalue weighted by Crippen LogP contribution is -2.39. The average molecular weight is 368 g/mol. The van der Waals surface area contributed by atoms with Gasteiger partial charge < -0.3 is 10.0 Å². The summed E-state index contributed by atoms with van der Waals surface area (Å²) < 4.78 is 1.90. The minimum atomic E-state index is -0.644. The predicted molar refractivity (Wildman–Crippen MR) is 98.6 cm³/mol. The summed E-state index contributed by atoms with van der Waals surface area (Å²) in [6.45, 7) is 1.80. The van der Waals surface area contributed by atoms with Crippen LogP contribution in [0.3, 0.4) is 0 Å². The van der Waals surface area contributed by atoms with Gasteiger partial charge in [-0.3, -0.25) is 9.48 Å². The lowest BCUT2D eigenvalue weighted by molar-refractivity contribution is -0.132. The molecule has 0 unspecified atom stereocenters. The highest BCUT2D eigenvalue weighted by molar-refractivity contribution is 7.07. The van der Waals surface area contributed by atoms with Crippen molar-refractivity contribution >= 4 is 17.2 Å². The second-order valence-electron chi connectivity index (χ2n) is 6.46. The second kappa shape index (κ2) is 7.39. The van der Waals surface area contributed by atoms with Crippen LogP contribution in [-0.4, -0.2) is 37.2 Å². The van der Waals surface area contributed by atoms with E-state index in [2.05, 4.69) is 10.1 Å². The zero-order valence-electron chi connectivity index (χ0n) is 14.3. The number of hydrogen-bond donors (Lipinski definition) is 1. The third-order valence-electron chi connectivity index (χ3n) is 4.60. The highest BCUT2D eigenvalue weighted by Gasteiger charge is 2.24. The molecule has 1 aliphatic rings. The van der Waals surface area contributed by atoms with Gasteiger partial charge in [-0.25, -0.2) is 4.98 Å². The van der Waals surface area contributed by atoms with Crippen molar-refractivity contribution in [3.05, 3.63) is 69.9 Å². The Kier molecular flexibility index (Phi) is 4.81. The number of fused-ring (bicyclic) bond motifs is 1. The fourth-order valence-corrected chi connectivity index (χ4v) is 3.76. The molecule has 2 aromatic heterocycles. The molecule has 1 amide bonds. The molecule has 1 N–H and O–H groups in total. The molecule has 0 bridgehead atoms. The number of aliphatic hydroxyl groups is 1. The molecule has 0 radical (unpaired) electrons. The summed E-state index contributed by atoms with van der Waals surface area (Å²) in [6, 6.07) is 11.8. The van der Waals surface area contributed by atoms with Gasteiger partial charge in [0.05, 0.1) is 42.1 Å². The average Bonchev–Trinajstić information content (AvgIpc) is 3.31. The van der Waals surface area contributed by atoms with E-state index in [-0.39, 0.29) is 5.91 Å². The highest BCUT2D eigenvalue weighted by Crippen LogP contribution is 2.21. The van der Waals surface area contributed by atoms with E-state index in [1.54, 1.807) is 5.51 Å². The fraction of sp³-hybridized carbons (Fsp3) is 0.316. The van der Waals surface area contributed by atoms with Crippen molar-refractivity contribution in [3.63, 3.8) is 0 Å². The van der Waals surface area contributed by atoms with Gasteiger partial charge in [-0.05, 0) is 11.6 Å². The molecule has 3 heterocycles. The molecule has 0 saturated heterocycles. The first-order chi connectivity index (χ1) is 12.7. The third-order valence-corrected chi connectivity index (χ3v) is 5.23. The summed E-state index contributed by atoms with van der Waals surface area (Å²) in [5.74, 6) is 0.0785. The van der Waals surface area contributed by atoms with Crippen LogP contribution < -0.4 is 0 Å². The van der Waals surface area contributed by atoms with E-state index >= 15 is 0 Å². The van der Waals surface area contributed by atoms with Crippen LogP contribution in [0.2, 0.25) is 0 Å². The SMILES string of the molecule is O=C(Cc1cscn1)N1CCn2nc([C@@H](O)Cc3ccccc3)cc2C1. The van der Waals surface area contributed by atoms with Gasteiger partial charge in [-0.15, -0.1) is 11.3 Å². The Balaban J connectivity index is 1.42. The van der Waals surface area contributed by atoms with Crippen molar-refractivity contribution in [3.8, 4) is 0 Å². The van der Waals surface area contributed by atoms with Crippen LogP contribution in [0.1, 0.15) is 28.7 Å². The van der Waals surface area contributed by atoms with Gasteiger partial charge in [-0.2, -0.15) is 5.10 Å². The minimum absolute atomic E-state index is 0.0785. The minimum Gasteiger partial charge on any atom is -0.386 e. The van der Waals surface area contributed by atoms with E-state index in [0.29, 0.717) is 38.2 Å². The first kappa shape index (κ1) is 16.9. The van der Waals surface area contributed by atoms with E-state index in [0.717, 1.165) is 17.0 Å². The smallest absolute Gasteiger partial charge is 0.229 e. The molecular weight excluding hydrogens is 348 g/mol. The van der Waals surface area contributed by atoms with E-state index in [1.165, 1.54) is 11.3 Å². The van der Waals surface area contributed by atoms with Gasteiger partial charge in [0.2, 0.25) is 5.91 Å². The summed E-state index contributed by atoms with van der Waals surface area (Å²) in [5, 5.41) is 16.9. The number of aromatic nitrogens is 3. The highest BCUT2D eigenvalue weighted by atomic mass is 32.1. The molecule has 134 valence electrons. The molecule has 4 rings (SSSR count). The molecule has 1 aliphatic heterocycles. The van der Waals surface area contributed by atoms with Crippen LogP contribution in [0.15, 0.2) is 47.3 Å². The predicted octanol–water partition coefficient (Wildman–Crippen LogP) is 2.20. The van der Waals surface area contributed by atoms with Gasteiger partial charge in [0, 0.05) is 18.3 Å². The quantitative estimate of drug-likeness (QED) is 0.749. The lowest BCUT2D eigenvalue weighted by atomic mass is 10.1. The van der Waals surface area contributed by atoms with Crippen molar-refractivity contribution in [1.82, 2.24) is 19.7 Å². The Morgan fingerprint density at radius 3 is 2.88 bits per heavy atom. The molecule has 1 aromatic carbocycles. The number of aliphatic hydroxyl groups excluding tert-OH is 1. The number of carbonyl (C=O) groups excluding carboxylic acids is 1. The molecule has 0 fully saturated rings. The van der Waals surface area contributed by atoms with E-state index < -0.39 is 6.10 Å². The third kappa shape index (κ3) is 3.68. The van der Waals surface area contributed by atoms with Crippen molar-refractivity contribution < 1.29 is 9.90 Å². The molecule has 0 saturated carbocycles. The molecule has 6 nitrogen and oxygen atoms in total. The number of benzene rings is 1. The van der Waals surface area contributed by atoms with Gasteiger partial charge in [0.1, 0.15) is 6.10 Å². The normalized spacial score (nSPS) is 14.9. The second-order valence-corrected chi connectivity index (χ2v) is 7.18. The fourth-order valence-electron chi connectivity index (χ4n) is 3.20. The Morgan fingerprint density at radius 2 is 2.12 bits per heavy atom. The zero-order valence-corrected chi connectivity index (χ0v) is 15.1. The monoisotopic (exact) mass is 368 g/mol. The summed E-state index contributed by atoms with van der Waals surface area (Å²) in [6.07, 6.45) is 0.222. The summed E-state index contributed by atoms with van der Waals surface area (Å²) in [7, 11) is 0. The van der Waals surface area contributed by atoms with Crippen LogP contribution in [0.5, 0.6) is 0 Å². The first-order valence-corrected chi connectivity index (χ1v) is 9.57. The largest absolute Gasteiger partial charge is 0.386 e. The maximum atomic E-state index is 12.5. The van der Waals surface area contributed by atoms with Crippen LogP contribution in [0, 0.1) is 0 Å². The standard InChI is InChI=1S/C19H20N4O2S/c24-18(8-14-4-2-1-3-5-14)17-10-16-11-22(6-7-23(16)21-17)19(25)9-15-12-26-13-20-15/h1-5,10,12-13,18,24H,6-9,11H2/t18-/m0/s1. The number of amides is 1. The number of carbonyl (C=O) groups is 1. The molecule has 3 aromatic rings. The van der Waals surface area contributed by atoms with Gasteiger partial charge in [0.25, 0.3) is 0 Å². The van der Waals surface area contributed by atoms with Crippen molar-refractivity contribution in [2.45, 2.75) is 32.0 Å². The van der Waals surface area contributed by atoms with Gasteiger partial charge >= 0.3 is 0 Å². The molecule has 0 spiro atoms. The zero-order chi connectivity index (χ0) is 17.9. The Labute approximate surface area is 155 Å². The summed E-state index contributed by atoms with van der Waals surface area (Å²) in [4.78, 5) is 18.5. The van der Waals surface area contributed by atoms with E-state index in [9.17, 15) is 9.90 Å².